The normalized spacial score (nSPS) is 10.4. The SMILES string of the molecule is COC(=O)C=Cc1ccc(Cl)nc1C(=O)O. The highest BCUT2D eigenvalue weighted by Gasteiger charge is 2.10. The average Bonchev–Trinajstić information content (AvgIpc) is 2.26. The van der Waals surface area contributed by atoms with Crippen LogP contribution in [0.15, 0.2) is 18.2 Å². The Balaban J connectivity index is 3.09. The number of esters is 1. The first-order valence-corrected chi connectivity index (χ1v) is 4.58. The van der Waals surface area contributed by atoms with Crippen LogP contribution in [0.1, 0.15) is 16.1 Å². The Labute approximate surface area is 96.3 Å². The van der Waals surface area contributed by atoms with Crippen molar-refractivity contribution in [2.75, 3.05) is 7.11 Å². The number of pyridine rings is 1. The summed E-state index contributed by atoms with van der Waals surface area (Å²) in [5.74, 6) is -1.79. The second kappa shape index (κ2) is 5.27. The van der Waals surface area contributed by atoms with Crippen molar-refractivity contribution in [3.63, 3.8) is 0 Å². The molecule has 16 heavy (non-hydrogen) atoms. The van der Waals surface area contributed by atoms with Crippen molar-refractivity contribution in [3.8, 4) is 0 Å². The van der Waals surface area contributed by atoms with Gasteiger partial charge in [-0.3, -0.25) is 0 Å². The van der Waals surface area contributed by atoms with Gasteiger partial charge in [-0.1, -0.05) is 11.6 Å². The highest BCUT2D eigenvalue weighted by Crippen LogP contribution is 2.13. The number of ether oxygens (including phenoxy) is 1. The highest BCUT2D eigenvalue weighted by molar-refractivity contribution is 6.29. The van der Waals surface area contributed by atoms with Gasteiger partial charge in [-0.05, 0) is 18.2 Å². The van der Waals surface area contributed by atoms with E-state index in [1.165, 1.54) is 25.3 Å². The van der Waals surface area contributed by atoms with E-state index in [0.29, 0.717) is 0 Å². The maximum absolute atomic E-state index is 10.8. The molecule has 0 aliphatic heterocycles. The van der Waals surface area contributed by atoms with Crippen LogP contribution >= 0.6 is 11.6 Å². The average molecular weight is 242 g/mol. The molecule has 0 aromatic carbocycles. The minimum Gasteiger partial charge on any atom is -0.476 e. The largest absolute Gasteiger partial charge is 0.476 e. The molecule has 0 atom stereocenters. The molecule has 0 bridgehead atoms. The Bertz CT molecular complexity index is 456. The molecule has 1 heterocycles. The van der Waals surface area contributed by atoms with E-state index >= 15 is 0 Å². The van der Waals surface area contributed by atoms with Gasteiger partial charge >= 0.3 is 11.9 Å². The van der Waals surface area contributed by atoms with Gasteiger partial charge in [0.2, 0.25) is 0 Å². The van der Waals surface area contributed by atoms with Crippen molar-refractivity contribution in [3.05, 3.63) is 34.6 Å². The molecule has 0 amide bonds. The van der Waals surface area contributed by atoms with Crippen LogP contribution in [0, 0.1) is 0 Å². The summed E-state index contributed by atoms with van der Waals surface area (Å²) in [5.41, 5.74) is 0.0648. The molecule has 0 aliphatic rings. The number of hydrogen-bond donors (Lipinski definition) is 1. The molecule has 1 aromatic rings. The summed E-state index contributed by atoms with van der Waals surface area (Å²) in [6.07, 6.45) is 2.41. The van der Waals surface area contributed by atoms with E-state index in [1.807, 2.05) is 0 Å². The number of carbonyl (C=O) groups is 2. The van der Waals surface area contributed by atoms with E-state index in [2.05, 4.69) is 9.72 Å². The van der Waals surface area contributed by atoms with E-state index < -0.39 is 11.9 Å². The van der Waals surface area contributed by atoms with Crippen molar-refractivity contribution in [2.24, 2.45) is 0 Å². The number of nitrogens with zero attached hydrogens (tertiary/aromatic N) is 1. The molecule has 0 saturated carbocycles. The molecule has 1 rings (SSSR count). The van der Waals surface area contributed by atoms with E-state index in [-0.39, 0.29) is 16.4 Å². The standard InChI is InChI=1S/C10H8ClNO4/c1-16-8(13)5-3-6-2-4-7(11)12-9(6)10(14)15/h2-5H,1H3,(H,14,15). The molecule has 1 N–H and O–H groups in total. The number of carboxylic acid groups (broad SMARTS) is 1. The summed E-state index contributed by atoms with van der Waals surface area (Å²) >= 11 is 5.56. The molecule has 5 nitrogen and oxygen atoms in total. The maximum atomic E-state index is 10.8. The van der Waals surface area contributed by atoms with Gasteiger partial charge < -0.3 is 9.84 Å². The van der Waals surface area contributed by atoms with E-state index in [9.17, 15) is 9.59 Å². The predicted octanol–water partition coefficient (Wildman–Crippen LogP) is 1.62. The van der Waals surface area contributed by atoms with Crippen molar-refractivity contribution in [1.29, 1.82) is 0 Å². The van der Waals surface area contributed by atoms with Gasteiger partial charge in [0.05, 0.1) is 7.11 Å². The molecule has 0 spiro atoms. The summed E-state index contributed by atoms with van der Waals surface area (Å²) in [6, 6.07) is 2.89. The number of carbonyl (C=O) groups excluding carboxylic acids is 1. The molecule has 0 fully saturated rings. The van der Waals surface area contributed by atoms with Crippen LogP contribution in [0.25, 0.3) is 6.08 Å². The van der Waals surface area contributed by atoms with Crippen molar-refractivity contribution in [1.82, 2.24) is 4.98 Å². The lowest BCUT2D eigenvalue weighted by atomic mass is 10.2. The van der Waals surface area contributed by atoms with Gasteiger partial charge in [0, 0.05) is 11.6 Å². The smallest absolute Gasteiger partial charge is 0.355 e. The number of methoxy groups -OCH3 is 1. The molecule has 84 valence electrons. The summed E-state index contributed by atoms with van der Waals surface area (Å²) < 4.78 is 4.38. The van der Waals surface area contributed by atoms with E-state index in [4.69, 9.17) is 16.7 Å². The monoisotopic (exact) mass is 241 g/mol. The van der Waals surface area contributed by atoms with Crippen molar-refractivity contribution >= 4 is 29.6 Å². The Morgan fingerprint density at radius 3 is 2.75 bits per heavy atom. The summed E-state index contributed by atoms with van der Waals surface area (Å²) in [5, 5.41) is 8.92. The quantitative estimate of drug-likeness (QED) is 0.494. The number of halogens is 1. The minimum atomic E-state index is -1.22. The van der Waals surface area contributed by atoms with Crippen molar-refractivity contribution < 1.29 is 19.4 Å². The third-order valence-electron chi connectivity index (χ3n) is 1.70. The number of aromatic nitrogens is 1. The molecule has 6 heteroatoms. The Kier molecular flexibility index (Phi) is 4.02. The molecule has 0 aliphatic carbocycles. The first-order chi connectivity index (χ1) is 7.54. The van der Waals surface area contributed by atoms with Gasteiger partial charge in [-0.15, -0.1) is 0 Å². The second-order valence-electron chi connectivity index (χ2n) is 2.73. The Morgan fingerprint density at radius 2 is 2.19 bits per heavy atom. The molecule has 0 unspecified atom stereocenters. The molecule has 0 saturated heterocycles. The van der Waals surface area contributed by atoms with Crippen LogP contribution in [0.5, 0.6) is 0 Å². The molecule has 0 radical (unpaired) electrons. The van der Waals surface area contributed by atoms with Crippen LogP contribution < -0.4 is 0 Å². The number of aromatic carboxylic acids is 1. The summed E-state index contributed by atoms with van der Waals surface area (Å²) in [6.45, 7) is 0. The van der Waals surface area contributed by atoms with Gasteiger partial charge in [-0.2, -0.15) is 0 Å². The van der Waals surface area contributed by atoms with Gasteiger partial charge in [0.25, 0.3) is 0 Å². The topological polar surface area (TPSA) is 76.5 Å². The van der Waals surface area contributed by atoms with Crippen LogP contribution in [0.4, 0.5) is 0 Å². The van der Waals surface area contributed by atoms with Gasteiger partial charge in [0.15, 0.2) is 5.69 Å². The fourth-order valence-electron chi connectivity index (χ4n) is 0.978. The Hall–Kier alpha value is -1.88. The van der Waals surface area contributed by atoms with Crippen LogP contribution in [0.2, 0.25) is 5.15 Å². The first-order valence-electron chi connectivity index (χ1n) is 4.20. The zero-order chi connectivity index (χ0) is 12.1. The zero-order valence-corrected chi connectivity index (χ0v) is 9.06. The lowest BCUT2D eigenvalue weighted by molar-refractivity contribution is -0.134. The fourth-order valence-corrected chi connectivity index (χ4v) is 1.13. The third kappa shape index (κ3) is 3.06. The minimum absolute atomic E-state index is 0.0765. The lowest BCUT2D eigenvalue weighted by Gasteiger charge is -2.00. The van der Waals surface area contributed by atoms with Crippen LogP contribution in [0.3, 0.4) is 0 Å². The van der Waals surface area contributed by atoms with Gasteiger partial charge in [0.1, 0.15) is 5.15 Å². The summed E-state index contributed by atoms with van der Waals surface area (Å²) in [4.78, 5) is 25.3. The number of hydrogen-bond acceptors (Lipinski definition) is 4. The number of rotatable bonds is 3. The van der Waals surface area contributed by atoms with Crippen LogP contribution in [-0.2, 0) is 9.53 Å². The van der Waals surface area contributed by atoms with Crippen molar-refractivity contribution in [2.45, 2.75) is 0 Å². The lowest BCUT2D eigenvalue weighted by Crippen LogP contribution is -2.03. The van der Waals surface area contributed by atoms with E-state index in [0.717, 1.165) is 6.08 Å². The maximum Gasteiger partial charge on any atom is 0.355 e. The molecular weight excluding hydrogens is 234 g/mol. The van der Waals surface area contributed by atoms with E-state index in [1.54, 1.807) is 0 Å². The van der Waals surface area contributed by atoms with Crippen LogP contribution in [-0.4, -0.2) is 29.1 Å². The highest BCUT2D eigenvalue weighted by atomic mass is 35.5. The predicted molar refractivity (Wildman–Crippen MR) is 57.3 cm³/mol. The zero-order valence-electron chi connectivity index (χ0n) is 8.31. The Morgan fingerprint density at radius 1 is 1.50 bits per heavy atom. The second-order valence-corrected chi connectivity index (χ2v) is 3.12. The van der Waals surface area contributed by atoms with Gasteiger partial charge in [-0.25, -0.2) is 14.6 Å². The first kappa shape index (κ1) is 12.2. The molecule has 1 aromatic heterocycles. The fraction of sp³-hybridized carbons (Fsp3) is 0.100. The third-order valence-corrected chi connectivity index (χ3v) is 1.91. The summed E-state index contributed by atoms with van der Waals surface area (Å²) in [7, 11) is 1.23. The number of carboxylic acids is 1. The molecular formula is C10H8ClNO4.